The predicted octanol–water partition coefficient (Wildman–Crippen LogP) is -0.457. The zero-order valence-electron chi connectivity index (χ0n) is 8.35. The number of aliphatic carboxylic acids is 1. The van der Waals surface area contributed by atoms with E-state index in [9.17, 15) is 9.90 Å². The van der Waals surface area contributed by atoms with E-state index in [-0.39, 0.29) is 12.6 Å². The standard InChI is InChI=1S/C9H17NO4/c1-7-5-10(3-2-4-14-7)6-8(11)9(12)13/h7-8,11H,2-6H2,1H3,(H,12,13). The normalized spacial score (nSPS) is 26.9. The first-order valence-electron chi connectivity index (χ1n) is 4.84. The highest BCUT2D eigenvalue weighted by Gasteiger charge is 2.21. The van der Waals surface area contributed by atoms with Crippen molar-refractivity contribution in [3.8, 4) is 0 Å². The van der Waals surface area contributed by atoms with Gasteiger partial charge in [-0.2, -0.15) is 0 Å². The number of carboxylic acids is 1. The minimum absolute atomic E-state index is 0.110. The smallest absolute Gasteiger partial charge is 0.333 e. The fraction of sp³-hybridized carbons (Fsp3) is 0.889. The SMILES string of the molecule is CC1CN(CC(O)C(=O)O)CCCO1. The first-order chi connectivity index (χ1) is 6.59. The van der Waals surface area contributed by atoms with Gasteiger partial charge in [-0.15, -0.1) is 0 Å². The molecule has 0 aromatic carbocycles. The van der Waals surface area contributed by atoms with Crippen LogP contribution in [0.1, 0.15) is 13.3 Å². The van der Waals surface area contributed by atoms with Crippen molar-refractivity contribution in [3.05, 3.63) is 0 Å². The molecule has 1 aliphatic heterocycles. The summed E-state index contributed by atoms with van der Waals surface area (Å²) < 4.78 is 5.40. The van der Waals surface area contributed by atoms with Gasteiger partial charge in [0.1, 0.15) is 0 Å². The Morgan fingerprint density at radius 2 is 2.43 bits per heavy atom. The number of carboxylic acid groups (broad SMARTS) is 1. The molecule has 0 aromatic heterocycles. The summed E-state index contributed by atoms with van der Waals surface area (Å²) in [6.45, 7) is 4.31. The van der Waals surface area contributed by atoms with Gasteiger partial charge in [-0.05, 0) is 13.3 Å². The summed E-state index contributed by atoms with van der Waals surface area (Å²) in [6, 6.07) is 0. The molecule has 1 heterocycles. The van der Waals surface area contributed by atoms with Crippen molar-refractivity contribution in [2.45, 2.75) is 25.6 Å². The van der Waals surface area contributed by atoms with Gasteiger partial charge in [-0.3, -0.25) is 4.90 Å². The van der Waals surface area contributed by atoms with E-state index in [2.05, 4.69) is 0 Å². The van der Waals surface area contributed by atoms with Gasteiger partial charge < -0.3 is 14.9 Å². The third-order valence-electron chi connectivity index (χ3n) is 2.25. The molecular weight excluding hydrogens is 186 g/mol. The Bertz CT molecular complexity index is 197. The predicted molar refractivity (Wildman–Crippen MR) is 50.1 cm³/mol. The zero-order chi connectivity index (χ0) is 10.6. The number of ether oxygens (including phenoxy) is 1. The summed E-state index contributed by atoms with van der Waals surface area (Å²) in [4.78, 5) is 12.4. The molecule has 2 atom stereocenters. The van der Waals surface area contributed by atoms with Gasteiger partial charge >= 0.3 is 5.97 Å². The highest BCUT2D eigenvalue weighted by atomic mass is 16.5. The zero-order valence-corrected chi connectivity index (χ0v) is 8.35. The monoisotopic (exact) mass is 203 g/mol. The Hall–Kier alpha value is -0.650. The van der Waals surface area contributed by atoms with Crippen LogP contribution in [0.3, 0.4) is 0 Å². The molecule has 14 heavy (non-hydrogen) atoms. The molecule has 2 N–H and O–H groups in total. The van der Waals surface area contributed by atoms with Crippen molar-refractivity contribution in [1.82, 2.24) is 4.90 Å². The number of hydrogen-bond donors (Lipinski definition) is 2. The summed E-state index contributed by atoms with van der Waals surface area (Å²) in [5.41, 5.74) is 0. The summed E-state index contributed by atoms with van der Waals surface area (Å²) in [6.07, 6.45) is -0.296. The molecule has 0 bridgehead atoms. The van der Waals surface area contributed by atoms with Crippen LogP contribution in [0.25, 0.3) is 0 Å². The van der Waals surface area contributed by atoms with E-state index in [1.54, 1.807) is 0 Å². The van der Waals surface area contributed by atoms with Crippen molar-refractivity contribution in [3.63, 3.8) is 0 Å². The van der Waals surface area contributed by atoms with Crippen LogP contribution >= 0.6 is 0 Å². The number of hydrogen-bond acceptors (Lipinski definition) is 4. The van der Waals surface area contributed by atoms with Crippen LogP contribution in [0.2, 0.25) is 0 Å². The average Bonchev–Trinajstić information content (AvgIpc) is 2.29. The maximum absolute atomic E-state index is 10.4. The van der Waals surface area contributed by atoms with Crippen LogP contribution in [-0.4, -0.2) is 59.5 Å². The Morgan fingerprint density at radius 3 is 3.07 bits per heavy atom. The second kappa shape index (κ2) is 5.29. The van der Waals surface area contributed by atoms with E-state index in [0.717, 1.165) is 13.0 Å². The number of rotatable bonds is 3. The van der Waals surface area contributed by atoms with Crippen LogP contribution in [0.5, 0.6) is 0 Å². The van der Waals surface area contributed by atoms with Crippen LogP contribution < -0.4 is 0 Å². The lowest BCUT2D eigenvalue weighted by Crippen LogP contribution is -2.39. The van der Waals surface area contributed by atoms with Gasteiger partial charge in [0.25, 0.3) is 0 Å². The van der Waals surface area contributed by atoms with Crippen LogP contribution in [0.15, 0.2) is 0 Å². The van der Waals surface area contributed by atoms with Gasteiger partial charge in [0.15, 0.2) is 6.10 Å². The summed E-state index contributed by atoms with van der Waals surface area (Å²) in [7, 11) is 0. The molecule has 0 spiro atoms. The lowest BCUT2D eigenvalue weighted by Gasteiger charge is -2.22. The molecule has 1 aliphatic rings. The highest BCUT2D eigenvalue weighted by molar-refractivity contribution is 5.72. The topological polar surface area (TPSA) is 70.0 Å². The molecule has 0 radical (unpaired) electrons. The Balaban J connectivity index is 2.38. The average molecular weight is 203 g/mol. The molecule has 5 heteroatoms. The molecule has 2 unspecified atom stereocenters. The molecule has 0 aromatic rings. The van der Waals surface area contributed by atoms with Gasteiger partial charge in [0, 0.05) is 26.2 Å². The van der Waals surface area contributed by atoms with E-state index in [0.29, 0.717) is 13.2 Å². The molecule has 0 aliphatic carbocycles. The largest absolute Gasteiger partial charge is 0.479 e. The number of β-amino-alcohol motifs (C(OH)–C–C–N with tert-alkyl or cyclic N) is 1. The lowest BCUT2D eigenvalue weighted by molar-refractivity contribution is -0.147. The Kier molecular flexibility index (Phi) is 4.31. The number of aliphatic hydroxyl groups is 1. The van der Waals surface area contributed by atoms with Crippen LogP contribution in [-0.2, 0) is 9.53 Å². The molecular formula is C9H17NO4. The lowest BCUT2D eigenvalue weighted by atomic mass is 10.3. The Morgan fingerprint density at radius 1 is 1.71 bits per heavy atom. The fourth-order valence-corrected chi connectivity index (χ4v) is 1.57. The van der Waals surface area contributed by atoms with Gasteiger partial charge in [0.2, 0.25) is 0 Å². The van der Waals surface area contributed by atoms with Crippen molar-refractivity contribution in [2.24, 2.45) is 0 Å². The summed E-state index contributed by atoms with van der Waals surface area (Å²) in [5, 5.41) is 17.7. The third kappa shape index (κ3) is 3.61. The minimum atomic E-state index is -1.29. The van der Waals surface area contributed by atoms with Crippen molar-refractivity contribution < 1.29 is 19.7 Å². The first-order valence-corrected chi connectivity index (χ1v) is 4.84. The number of aliphatic hydroxyl groups excluding tert-OH is 1. The van der Waals surface area contributed by atoms with E-state index < -0.39 is 12.1 Å². The maximum atomic E-state index is 10.4. The van der Waals surface area contributed by atoms with Crippen LogP contribution in [0.4, 0.5) is 0 Å². The summed E-state index contributed by atoms with van der Waals surface area (Å²) in [5.74, 6) is -1.16. The Labute approximate surface area is 83.3 Å². The highest BCUT2D eigenvalue weighted by Crippen LogP contribution is 2.05. The molecule has 82 valence electrons. The second-order valence-corrected chi connectivity index (χ2v) is 3.65. The quantitative estimate of drug-likeness (QED) is 0.649. The second-order valence-electron chi connectivity index (χ2n) is 3.65. The van der Waals surface area contributed by atoms with E-state index in [4.69, 9.17) is 9.84 Å². The fourth-order valence-electron chi connectivity index (χ4n) is 1.57. The molecule has 1 saturated heterocycles. The van der Waals surface area contributed by atoms with Crippen LogP contribution in [0, 0.1) is 0 Å². The number of carbonyl (C=O) groups is 1. The molecule has 5 nitrogen and oxygen atoms in total. The first kappa shape index (κ1) is 11.4. The number of nitrogens with zero attached hydrogens (tertiary/aromatic N) is 1. The molecule has 1 rings (SSSR count). The van der Waals surface area contributed by atoms with Crippen molar-refractivity contribution in [1.29, 1.82) is 0 Å². The third-order valence-corrected chi connectivity index (χ3v) is 2.25. The van der Waals surface area contributed by atoms with Gasteiger partial charge in [0.05, 0.1) is 6.10 Å². The molecule has 0 saturated carbocycles. The minimum Gasteiger partial charge on any atom is -0.479 e. The van der Waals surface area contributed by atoms with E-state index in [1.807, 2.05) is 11.8 Å². The van der Waals surface area contributed by atoms with Gasteiger partial charge in [-0.1, -0.05) is 0 Å². The molecule has 1 fully saturated rings. The van der Waals surface area contributed by atoms with E-state index in [1.165, 1.54) is 0 Å². The van der Waals surface area contributed by atoms with Crippen molar-refractivity contribution in [2.75, 3.05) is 26.2 Å². The summed E-state index contributed by atoms with van der Waals surface area (Å²) >= 11 is 0. The maximum Gasteiger partial charge on any atom is 0.333 e. The van der Waals surface area contributed by atoms with E-state index >= 15 is 0 Å². The van der Waals surface area contributed by atoms with Gasteiger partial charge in [-0.25, -0.2) is 4.79 Å². The molecule has 0 amide bonds. The van der Waals surface area contributed by atoms with Crippen molar-refractivity contribution >= 4 is 5.97 Å².